The minimum atomic E-state index is -1.39. The van der Waals surface area contributed by atoms with Crippen molar-refractivity contribution >= 4 is 39.9 Å². The van der Waals surface area contributed by atoms with Gasteiger partial charge in [0.15, 0.2) is 0 Å². The Balaban J connectivity index is 2.23. The average Bonchev–Trinajstić information content (AvgIpc) is 2.44. The van der Waals surface area contributed by atoms with Crippen LogP contribution in [0.4, 0.5) is 0 Å². The summed E-state index contributed by atoms with van der Waals surface area (Å²) in [6.45, 7) is 0. The average molecular weight is 358 g/mol. The summed E-state index contributed by atoms with van der Waals surface area (Å²) in [6, 6.07) is 12.0. The maximum Gasteiger partial charge on any atom is 0.230 e. The van der Waals surface area contributed by atoms with Crippen molar-refractivity contribution in [1.82, 2.24) is 0 Å². The molecule has 0 radical (unpaired) electrons. The van der Waals surface area contributed by atoms with Crippen LogP contribution < -0.4 is 10.5 Å². The quantitative estimate of drug-likeness (QED) is 0.859. The fourth-order valence-electron chi connectivity index (χ4n) is 1.78. The van der Waals surface area contributed by atoms with Crippen LogP contribution in [-0.4, -0.2) is 15.9 Å². The molecule has 0 heterocycles. The van der Waals surface area contributed by atoms with E-state index in [2.05, 4.69) is 0 Å². The molecule has 22 heavy (non-hydrogen) atoms. The highest BCUT2D eigenvalue weighted by molar-refractivity contribution is 7.84. The summed E-state index contributed by atoms with van der Waals surface area (Å²) < 4.78 is 17.6. The minimum absolute atomic E-state index is 0.164. The topological polar surface area (TPSA) is 69.4 Å². The monoisotopic (exact) mass is 357 g/mol. The summed E-state index contributed by atoms with van der Waals surface area (Å²) in [6.07, 6.45) is 0. The molecular formula is C15H13Cl2NO3S. The Morgan fingerprint density at radius 2 is 1.86 bits per heavy atom. The number of ether oxygens (including phenoxy) is 1. The number of para-hydroxylation sites is 1. The fraction of sp³-hybridized carbons (Fsp3) is 0.133. The summed E-state index contributed by atoms with van der Waals surface area (Å²) in [7, 11) is -1.39. The maximum atomic E-state index is 11.9. The predicted octanol–water partition coefficient (Wildman–Crippen LogP) is 3.52. The summed E-state index contributed by atoms with van der Waals surface area (Å²) in [4.78, 5) is 10.8. The molecule has 0 aliphatic heterocycles. The van der Waals surface area contributed by atoms with E-state index in [4.69, 9.17) is 33.7 Å². The summed E-state index contributed by atoms with van der Waals surface area (Å²) >= 11 is 12.0. The van der Waals surface area contributed by atoms with Crippen LogP contribution >= 0.6 is 23.2 Å². The van der Waals surface area contributed by atoms with Gasteiger partial charge in [-0.3, -0.25) is 9.00 Å². The molecule has 0 bridgehead atoms. The number of hydrogen-bond acceptors (Lipinski definition) is 3. The van der Waals surface area contributed by atoms with Gasteiger partial charge in [-0.1, -0.05) is 41.4 Å². The van der Waals surface area contributed by atoms with E-state index in [9.17, 15) is 9.00 Å². The fourth-order valence-corrected chi connectivity index (χ4v) is 3.10. The predicted molar refractivity (Wildman–Crippen MR) is 88.9 cm³/mol. The van der Waals surface area contributed by atoms with Crippen LogP contribution in [0.1, 0.15) is 5.56 Å². The van der Waals surface area contributed by atoms with E-state index in [1.54, 1.807) is 42.5 Å². The van der Waals surface area contributed by atoms with E-state index in [0.717, 1.165) is 0 Å². The van der Waals surface area contributed by atoms with Crippen molar-refractivity contribution in [2.45, 2.75) is 5.75 Å². The molecule has 0 spiro atoms. The molecule has 4 nitrogen and oxygen atoms in total. The first-order valence-corrected chi connectivity index (χ1v) is 8.54. The number of benzene rings is 2. The number of carbonyl (C=O) groups is 1. The second-order valence-corrected chi connectivity index (χ2v) is 6.78. The third-order valence-electron chi connectivity index (χ3n) is 2.71. The number of halogens is 2. The molecule has 0 fully saturated rings. The van der Waals surface area contributed by atoms with Crippen LogP contribution in [0.25, 0.3) is 0 Å². The van der Waals surface area contributed by atoms with Crippen LogP contribution in [0.3, 0.4) is 0 Å². The number of primary amides is 1. The third kappa shape index (κ3) is 4.73. The Kier molecular flexibility index (Phi) is 5.83. The van der Waals surface area contributed by atoms with Crippen LogP contribution in [0, 0.1) is 0 Å². The van der Waals surface area contributed by atoms with E-state index >= 15 is 0 Å². The minimum Gasteiger partial charge on any atom is -0.455 e. The highest BCUT2D eigenvalue weighted by Gasteiger charge is 2.12. The van der Waals surface area contributed by atoms with Crippen molar-refractivity contribution in [1.29, 1.82) is 0 Å². The second-order valence-electron chi connectivity index (χ2n) is 4.48. The summed E-state index contributed by atoms with van der Waals surface area (Å²) in [5, 5.41) is 0.909. The first-order chi connectivity index (χ1) is 10.5. The van der Waals surface area contributed by atoms with Gasteiger partial charge >= 0.3 is 0 Å². The van der Waals surface area contributed by atoms with Gasteiger partial charge in [0.25, 0.3) is 0 Å². The number of carbonyl (C=O) groups excluding carboxylic acids is 1. The van der Waals surface area contributed by atoms with Crippen LogP contribution in [-0.2, 0) is 21.3 Å². The van der Waals surface area contributed by atoms with Crippen molar-refractivity contribution < 1.29 is 13.7 Å². The van der Waals surface area contributed by atoms with Gasteiger partial charge in [0, 0.05) is 27.5 Å². The largest absolute Gasteiger partial charge is 0.455 e. The highest BCUT2D eigenvalue weighted by atomic mass is 35.5. The molecule has 0 saturated heterocycles. The summed E-state index contributed by atoms with van der Waals surface area (Å²) in [5.41, 5.74) is 5.74. The Labute approximate surface area is 140 Å². The van der Waals surface area contributed by atoms with Gasteiger partial charge in [0.05, 0.1) is 10.8 Å². The molecule has 0 aromatic heterocycles. The van der Waals surface area contributed by atoms with Crippen molar-refractivity contribution in [2.75, 3.05) is 5.75 Å². The Hall–Kier alpha value is -1.56. The number of rotatable bonds is 6. The molecule has 7 heteroatoms. The molecule has 1 unspecified atom stereocenters. The summed E-state index contributed by atoms with van der Waals surface area (Å²) in [5.74, 6) is 0.283. The van der Waals surface area contributed by atoms with Crippen LogP contribution in [0.15, 0.2) is 42.5 Å². The van der Waals surface area contributed by atoms with Gasteiger partial charge in [-0.15, -0.1) is 0 Å². The molecule has 2 aromatic rings. The Morgan fingerprint density at radius 1 is 1.14 bits per heavy atom. The zero-order valence-corrected chi connectivity index (χ0v) is 13.8. The lowest BCUT2D eigenvalue weighted by atomic mass is 10.2. The van der Waals surface area contributed by atoms with E-state index in [1.807, 2.05) is 0 Å². The first-order valence-electron chi connectivity index (χ1n) is 6.30. The van der Waals surface area contributed by atoms with E-state index in [0.29, 0.717) is 27.1 Å². The van der Waals surface area contributed by atoms with Crippen molar-refractivity contribution in [3.05, 3.63) is 58.1 Å². The van der Waals surface area contributed by atoms with Gasteiger partial charge < -0.3 is 10.5 Å². The molecule has 1 amide bonds. The molecule has 2 aromatic carbocycles. The van der Waals surface area contributed by atoms with Crippen molar-refractivity contribution in [2.24, 2.45) is 5.73 Å². The lowest BCUT2D eigenvalue weighted by Crippen LogP contribution is -2.20. The molecule has 0 aliphatic carbocycles. The maximum absolute atomic E-state index is 11.9. The van der Waals surface area contributed by atoms with Crippen molar-refractivity contribution in [3.8, 4) is 11.5 Å². The molecule has 116 valence electrons. The van der Waals surface area contributed by atoms with Crippen LogP contribution in [0.2, 0.25) is 10.0 Å². The van der Waals surface area contributed by atoms with Gasteiger partial charge in [0.2, 0.25) is 5.91 Å². The smallest absolute Gasteiger partial charge is 0.230 e. The van der Waals surface area contributed by atoms with Gasteiger partial charge in [-0.05, 0) is 18.2 Å². The number of hydrogen-bond donors (Lipinski definition) is 1. The number of nitrogens with two attached hydrogens (primary N) is 1. The van der Waals surface area contributed by atoms with Gasteiger partial charge in [-0.2, -0.15) is 0 Å². The molecule has 0 aliphatic rings. The number of amides is 1. The van der Waals surface area contributed by atoms with E-state index in [-0.39, 0.29) is 11.5 Å². The van der Waals surface area contributed by atoms with Gasteiger partial charge in [-0.25, -0.2) is 0 Å². The first kappa shape index (κ1) is 16.8. The highest BCUT2D eigenvalue weighted by Crippen LogP contribution is 2.33. The van der Waals surface area contributed by atoms with Gasteiger partial charge in [0.1, 0.15) is 17.3 Å². The molecule has 1 atom stereocenters. The standard InChI is InChI=1S/C15H13Cl2NO3S/c16-11-5-6-12(17)14(7-11)21-13-4-2-1-3-10(13)8-22(20)9-15(18)19/h1-7H,8-9H2,(H2,18,19). The van der Waals surface area contributed by atoms with E-state index in [1.165, 1.54) is 0 Å². The van der Waals surface area contributed by atoms with Crippen LogP contribution in [0.5, 0.6) is 11.5 Å². The lowest BCUT2D eigenvalue weighted by Gasteiger charge is -2.12. The molecular weight excluding hydrogens is 345 g/mol. The molecule has 0 saturated carbocycles. The zero-order chi connectivity index (χ0) is 16.1. The Morgan fingerprint density at radius 3 is 2.59 bits per heavy atom. The SMILES string of the molecule is NC(=O)CS(=O)Cc1ccccc1Oc1cc(Cl)ccc1Cl. The zero-order valence-electron chi connectivity index (χ0n) is 11.4. The normalized spacial score (nSPS) is 11.9. The Bertz CT molecular complexity index is 722. The third-order valence-corrected chi connectivity index (χ3v) is 4.49. The molecule has 2 N–H and O–H groups in total. The second kappa shape index (κ2) is 7.63. The van der Waals surface area contributed by atoms with Crippen molar-refractivity contribution in [3.63, 3.8) is 0 Å². The lowest BCUT2D eigenvalue weighted by molar-refractivity contribution is -0.115. The molecule has 2 rings (SSSR count). The van der Waals surface area contributed by atoms with E-state index < -0.39 is 16.7 Å².